The largest absolute Gasteiger partial charge is 0.455 e. The van der Waals surface area contributed by atoms with Gasteiger partial charge in [-0.15, -0.1) is 0 Å². The number of rotatable bonds is 2. The van der Waals surface area contributed by atoms with E-state index in [2.05, 4.69) is 25.2 Å². The Bertz CT molecular complexity index is 528. The summed E-state index contributed by atoms with van der Waals surface area (Å²) in [5.41, 5.74) is 0.759. The first-order valence-electron chi connectivity index (χ1n) is 8.75. The third-order valence-corrected chi connectivity index (χ3v) is 7.22. The Morgan fingerprint density at radius 3 is 2.24 bits per heavy atom. The zero-order chi connectivity index (χ0) is 14.2. The molecule has 6 aliphatic rings. The van der Waals surface area contributed by atoms with E-state index in [1.54, 1.807) is 0 Å². The van der Waals surface area contributed by atoms with Crippen LogP contribution in [0.3, 0.4) is 0 Å². The zero-order valence-corrected chi connectivity index (χ0v) is 12.8. The highest BCUT2D eigenvalue weighted by Gasteiger charge is 2.57. The minimum Gasteiger partial charge on any atom is -0.455 e. The predicted molar refractivity (Wildman–Crippen MR) is 80.4 cm³/mol. The van der Waals surface area contributed by atoms with Crippen molar-refractivity contribution >= 4 is 5.97 Å². The molecule has 0 saturated heterocycles. The summed E-state index contributed by atoms with van der Waals surface area (Å²) in [6.45, 7) is 2.24. The van der Waals surface area contributed by atoms with E-state index in [0.717, 1.165) is 23.8 Å². The summed E-state index contributed by atoms with van der Waals surface area (Å²) in [6.07, 6.45) is 14.3. The average Bonchev–Trinajstić information content (AvgIpc) is 3.07. The molecule has 2 heteroatoms. The minimum absolute atomic E-state index is 0.0122. The van der Waals surface area contributed by atoms with Crippen LogP contribution in [0.2, 0.25) is 0 Å². The van der Waals surface area contributed by atoms with Gasteiger partial charge in [0.2, 0.25) is 0 Å². The summed E-state index contributed by atoms with van der Waals surface area (Å²) in [5, 5.41) is 0. The highest BCUT2D eigenvalue weighted by Crippen LogP contribution is 2.59. The van der Waals surface area contributed by atoms with E-state index in [0.29, 0.717) is 23.7 Å². The molecule has 0 radical (unpaired) electrons. The smallest absolute Gasteiger partial charge is 0.334 e. The van der Waals surface area contributed by atoms with Gasteiger partial charge in [0.05, 0.1) is 0 Å². The van der Waals surface area contributed by atoms with Crippen molar-refractivity contribution in [1.29, 1.82) is 0 Å². The van der Waals surface area contributed by atoms with Crippen molar-refractivity contribution in [3.63, 3.8) is 0 Å². The second-order valence-corrected chi connectivity index (χ2v) is 8.39. The van der Waals surface area contributed by atoms with E-state index in [4.69, 9.17) is 4.74 Å². The van der Waals surface area contributed by atoms with Gasteiger partial charge < -0.3 is 4.74 Å². The molecule has 0 aromatic rings. The highest BCUT2D eigenvalue weighted by molar-refractivity contribution is 5.91. The molecule has 0 spiro atoms. The van der Waals surface area contributed by atoms with Gasteiger partial charge in [0.15, 0.2) is 0 Å². The number of esters is 1. The fraction of sp³-hybridized carbons (Fsp3) is 0.737. The molecule has 0 amide bonds. The van der Waals surface area contributed by atoms with Crippen LogP contribution in [0.4, 0.5) is 0 Å². The van der Waals surface area contributed by atoms with Crippen LogP contribution >= 0.6 is 0 Å². The lowest BCUT2D eigenvalue weighted by atomic mass is 9.50. The average molecular weight is 284 g/mol. The maximum atomic E-state index is 12.7. The molecule has 112 valence electrons. The topological polar surface area (TPSA) is 26.3 Å². The van der Waals surface area contributed by atoms with Crippen LogP contribution in [0.5, 0.6) is 0 Å². The molecule has 6 rings (SSSR count). The molecule has 21 heavy (non-hydrogen) atoms. The van der Waals surface area contributed by atoms with E-state index in [-0.39, 0.29) is 11.6 Å². The van der Waals surface area contributed by atoms with Crippen molar-refractivity contribution in [1.82, 2.24) is 0 Å². The lowest BCUT2D eigenvalue weighted by Gasteiger charge is -2.59. The van der Waals surface area contributed by atoms with Gasteiger partial charge >= 0.3 is 5.97 Å². The van der Waals surface area contributed by atoms with Gasteiger partial charge in [-0.2, -0.15) is 0 Å². The first-order valence-corrected chi connectivity index (χ1v) is 8.75. The van der Waals surface area contributed by atoms with Gasteiger partial charge in [-0.25, -0.2) is 4.79 Å². The molecule has 6 aliphatic carbocycles. The minimum atomic E-state index is -0.184. The maximum Gasteiger partial charge on any atom is 0.334 e. The second-order valence-electron chi connectivity index (χ2n) is 8.39. The number of ether oxygens (including phenoxy) is 1. The van der Waals surface area contributed by atoms with Crippen molar-refractivity contribution in [2.24, 2.45) is 35.5 Å². The summed E-state index contributed by atoms with van der Waals surface area (Å²) in [7, 11) is 0. The molecule has 4 fully saturated rings. The maximum absolute atomic E-state index is 12.7. The molecule has 6 bridgehead atoms. The molecule has 2 unspecified atom stereocenters. The first kappa shape index (κ1) is 12.5. The third kappa shape index (κ3) is 1.68. The predicted octanol–water partition coefficient (Wildman–Crippen LogP) is 3.88. The summed E-state index contributed by atoms with van der Waals surface area (Å²) >= 11 is 0. The van der Waals surface area contributed by atoms with Gasteiger partial charge in [-0.3, -0.25) is 0 Å². The van der Waals surface area contributed by atoms with Gasteiger partial charge in [0.1, 0.15) is 5.60 Å². The summed E-state index contributed by atoms with van der Waals surface area (Å²) in [4.78, 5) is 12.7. The number of hydrogen-bond acceptors (Lipinski definition) is 2. The van der Waals surface area contributed by atoms with Crippen LogP contribution in [0.25, 0.3) is 0 Å². The first-order chi connectivity index (χ1) is 10.1. The molecular weight excluding hydrogens is 260 g/mol. The van der Waals surface area contributed by atoms with E-state index in [9.17, 15) is 4.79 Å². The molecular formula is C19H24O2. The Labute approximate surface area is 126 Å². The number of allylic oxidation sites excluding steroid dienone is 3. The summed E-state index contributed by atoms with van der Waals surface area (Å²) < 4.78 is 6.21. The summed E-state index contributed by atoms with van der Waals surface area (Å²) in [5.74, 6) is 3.89. The lowest BCUT2D eigenvalue weighted by Crippen LogP contribution is -2.58. The number of fused-ring (bicyclic) bond motifs is 2. The normalized spacial score (nSPS) is 52.3. The lowest BCUT2D eigenvalue weighted by molar-refractivity contribution is -0.199. The van der Waals surface area contributed by atoms with E-state index >= 15 is 0 Å². The monoisotopic (exact) mass is 284 g/mol. The van der Waals surface area contributed by atoms with Crippen molar-refractivity contribution in [3.05, 3.63) is 23.8 Å². The van der Waals surface area contributed by atoms with Crippen LogP contribution in [-0.4, -0.2) is 11.6 Å². The summed E-state index contributed by atoms with van der Waals surface area (Å²) in [6, 6.07) is 0. The molecule has 0 aliphatic heterocycles. The Morgan fingerprint density at radius 1 is 1.05 bits per heavy atom. The number of carbonyl (C=O) groups is 1. The second kappa shape index (κ2) is 4.02. The highest BCUT2D eigenvalue weighted by atomic mass is 16.6. The van der Waals surface area contributed by atoms with Crippen LogP contribution in [-0.2, 0) is 9.53 Å². The van der Waals surface area contributed by atoms with Crippen molar-refractivity contribution in [3.8, 4) is 0 Å². The van der Waals surface area contributed by atoms with E-state index in [1.165, 1.54) is 32.1 Å². The molecule has 4 saturated carbocycles. The number of hydrogen-bond donors (Lipinski definition) is 0. The Balaban J connectivity index is 1.38. The van der Waals surface area contributed by atoms with Crippen LogP contribution in [0.15, 0.2) is 23.8 Å². The van der Waals surface area contributed by atoms with Crippen molar-refractivity contribution in [2.45, 2.75) is 51.0 Å². The van der Waals surface area contributed by atoms with Crippen molar-refractivity contribution < 1.29 is 9.53 Å². The molecule has 0 N–H and O–H groups in total. The van der Waals surface area contributed by atoms with E-state index in [1.807, 2.05) is 0 Å². The molecule has 0 aromatic heterocycles. The van der Waals surface area contributed by atoms with Crippen LogP contribution in [0, 0.1) is 35.5 Å². The standard InChI is InChI=1S/C19H24O2/c1-19(15-6-12-4-13(8-15)9-16(19)7-12)21-18(20)17-10-11-2-3-14(17)5-11/h2-3,10-16H,4-9H2,1H3. The Morgan fingerprint density at radius 2 is 1.71 bits per heavy atom. The molecule has 0 heterocycles. The van der Waals surface area contributed by atoms with Gasteiger partial charge in [-0.05, 0) is 75.0 Å². The van der Waals surface area contributed by atoms with Crippen LogP contribution in [0.1, 0.15) is 45.4 Å². The van der Waals surface area contributed by atoms with Gasteiger partial charge in [0, 0.05) is 11.5 Å². The quantitative estimate of drug-likeness (QED) is 0.568. The Hall–Kier alpha value is -1.05. The fourth-order valence-corrected chi connectivity index (χ4v) is 6.20. The van der Waals surface area contributed by atoms with Crippen molar-refractivity contribution in [2.75, 3.05) is 0 Å². The SMILES string of the molecule is CC1(OC(=O)C2=CC3C=CC2C3)C2CC3CC(C2)CC1C3. The van der Waals surface area contributed by atoms with Gasteiger partial charge in [0.25, 0.3) is 0 Å². The molecule has 2 nitrogen and oxygen atoms in total. The third-order valence-electron chi connectivity index (χ3n) is 7.22. The van der Waals surface area contributed by atoms with Gasteiger partial charge in [-0.1, -0.05) is 18.2 Å². The number of carbonyl (C=O) groups excluding carboxylic acids is 1. The molecule has 0 aromatic carbocycles. The van der Waals surface area contributed by atoms with Crippen LogP contribution < -0.4 is 0 Å². The fourth-order valence-electron chi connectivity index (χ4n) is 6.20. The zero-order valence-electron chi connectivity index (χ0n) is 12.8. The van der Waals surface area contributed by atoms with E-state index < -0.39 is 0 Å². The molecule has 2 atom stereocenters. The Kier molecular flexibility index (Phi) is 2.39.